The van der Waals surface area contributed by atoms with Gasteiger partial charge in [-0.25, -0.2) is 4.98 Å². The minimum absolute atomic E-state index is 0.680. The molecule has 3 rings (SSSR count). The lowest BCUT2D eigenvalue weighted by Crippen LogP contribution is -1.92. The molecular formula is C18H17N3O2S. The van der Waals surface area contributed by atoms with Gasteiger partial charge in [0.1, 0.15) is 0 Å². The first-order valence-electron chi connectivity index (χ1n) is 7.32. The number of ether oxygens (including phenoxy) is 2. The summed E-state index contributed by atoms with van der Waals surface area (Å²) in [5.41, 5.74) is 5.81. The minimum atomic E-state index is 0.680. The molecule has 1 heterocycles. The number of hydrogen-bond donors (Lipinski definition) is 1. The van der Waals surface area contributed by atoms with E-state index >= 15 is 0 Å². The zero-order chi connectivity index (χ0) is 16.8. The highest BCUT2D eigenvalue weighted by Gasteiger charge is 2.09. The molecule has 0 saturated heterocycles. The first kappa shape index (κ1) is 16.0. The molecule has 1 N–H and O–H groups in total. The largest absolute Gasteiger partial charge is 0.493 e. The smallest absolute Gasteiger partial charge is 0.203 e. The Morgan fingerprint density at radius 2 is 1.83 bits per heavy atom. The third kappa shape index (κ3) is 3.72. The molecule has 6 heteroatoms. The van der Waals surface area contributed by atoms with Gasteiger partial charge in [0.25, 0.3) is 0 Å². The van der Waals surface area contributed by atoms with Crippen molar-refractivity contribution in [2.75, 3.05) is 19.6 Å². The van der Waals surface area contributed by atoms with Crippen molar-refractivity contribution in [2.45, 2.75) is 0 Å². The summed E-state index contributed by atoms with van der Waals surface area (Å²) in [5.74, 6) is 1.38. The van der Waals surface area contributed by atoms with E-state index in [1.54, 1.807) is 20.4 Å². The summed E-state index contributed by atoms with van der Waals surface area (Å²) < 4.78 is 10.6. The van der Waals surface area contributed by atoms with Crippen molar-refractivity contribution in [1.82, 2.24) is 4.98 Å². The van der Waals surface area contributed by atoms with Crippen LogP contribution >= 0.6 is 11.3 Å². The van der Waals surface area contributed by atoms with Crippen molar-refractivity contribution in [3.63, 3.8) is 0 Å². The third-order valence-corrected chi connectivity index (χ3v) is 4.10. The van der Waals surface area contributed by atoms with Gasteiger partial charge in [-0.2, -0.15) is 5.10 Å². The van der Waals surface area contributed by atoms with Crippen LogP contribution in [0.25, 0.3) is 11.3 Å². The molecular weight excluding hydrogens is 322 g/mol. The lowest BCUT2D eigenvalue weighted by molar-refractivity contribution is 0.355. The van der Waals surface area contributed by atoms with Gasteiger partial charge in [0, 0.05) is 10.9 Å². The number of hydrogen-bond acceptors (Lipinski definition) is 6. The van der Waals surface area contributed by atoms with E-state index in [2.05, 4.69) is 15.5 Å². The first-order chi connectivity index (χ1) is 11.8. The number of anilines is 1. The maximum absolute atomic E-state index is 5.33. The molecule has 0 spiro atoms. The molecule has 0 unspecified atom stereocenters. The average molecular weight is 339 g/mol. The minimum Gasteiger partial charge on any atom is -0.493 e. The monoisotopic (exact) mass is 339 g/mol. The van der Waals surface area contributed by atoms with E-state index in [1.165, 1.54) is 11.3 Å². The molecule has 0 atom stereocenters. The number of benzene rings is 2. The Labute approximate surface area is 144 Å². The van der Waals surface area contributed by atoms with E-state index in [0.717, 1.165) is 22.0 Å². The average Bonchev–Trinajstić information content (AvgIpc) is 3.11. The van der Waals surface area contributed by atoms with Crippen molar-refractivity contribution in [3.05, 3.63) is 59.5 Å². The van der Waals surface area contributed by atoms with E-state index < -0.39 is 0 Å². The fraction of sp³-hybridized carbons (Fsp3) is 0.111. The molecule has 0 aliphatic heterocycles. The molecule has 1 aromatic heterocycles. The molecule has 0 fully saturated rings. The van der Waals surface area contributed by atoms with Crippen molar-refractivity contribution < 1.29 is 9.47 Å². The van der Waals surface area contributed by atoms with Crippen LogP contribution in [0.1, 0.15) is 5.56 Å². The predicted molar refractivity (Wildman–Crippen MR) is 98.3 cm³/mol. The second-order valence-electron chi connectivity index (χ2n) is 4.89. The summed E-state index contributed by atoms with van der Waals surface area (Å²) in [7, 11) is 3.24. The van der Waals surface area contributed by atoms with Gasteiger partial charge < -0.3 is 9.47 Å². The molecule has 0 saturated carbocycles. The van der Waals surface area contributed by atoms with E-state index in [-0.39, 0.29) is 0 Å². The lowest BCUT2D eigenvalue weighted by Gasteiger charge is -2.08. The molecule has 0 amide bonds. The van der Waals surface area contributed by atoms with Crippen LogP contribution in [0, 0.1) is 0 Å². The Morgan fingerprint density at radius 3 is 2.58 bits per heavy atom. The van der Waals surface area contributed by atoms with Gasteiger partial charge in [-0.15, -0.1) is 11.3 Å². The number of nitrogens with zero attached hydrogens (tertiary/aromatic N) is 2. The normalized spacial score (nSPS) is 10.8. The Hall–Kier alpha value is -2.86. The fourth-order valence-corrected chi connectivity index (χ4v) is 2.82. The van der Waals surface area contributed by atoms with Gasteiger partial charge in [0.15, 0.2) is 11.5 Å². The highest BCUT2D eigenvalue weighted by Crippen LogP contribution is 2.33. The Bertz CT molecular complexity index is 831. The van der Waals surface area contributed by atoms with Crippen molar-refractivity contribution in [2.24, 2.45) is 5.10 Å². The third-order valence-electron chi connectivity index (χ3n) is 3.36. The van der Waals surface area contributed by atoms with E-state index in [9.17, 15) is 0 Å². The summed E-state index contributed by atoms with van der Waals surface area (Å²) in [6, 6.07) is 15.6. The van der Waals surface area contributed by atoms with Crippen LogP contribution < -0.4 is 14.9 Å². The Morgan fingerprint density at radius 1 is 1.04 bits per heavy atom. The van der Waals surface area contributed by atoms with Crippen molar-refractivity contribution in [3.8, 4) is 22.8 Å². The van der Waals surface area contributed by atoms with Gasteiger partial charge in [0.2, 0.25) is 5.13 Å². The van der Waals surface area contributed by atoms with Crippen LogP contribution in [0.5, 0.6) is 11.5 Å². The number of thiazole rings is 1. The standard InChI is InChI=1S/C18H17N3O2S/c1-22-16-9-8-14(10-17(16)23-2)15-12-24-18(20-15)21-19-11-13-6-4-3-5-7-13/h3-12H,1-2H3,(H,20,21). The molecule has 2 aromatic carbocycles. The number of rotatable bonds is 6. The zero-order valence-corrected chi connectivity index (χ0v) is 14.2. The quantitative estimate of drug-likeness (QED) is 0.538. The Balaban J connectivity index is 1.72. The first-order valence-corrected chi connectivity index (χ1v) is 8.20. The lowest BCUT2D eigenvalue weighted by atomic mass is 10.1. The summed E-state index contributed by atoms with van der Waals surface area (Å²) in [6.07, 6.45) is 1.76. The van der Waals surface area contributed by atoms with Crippen LogP contribution in [0.15, 0.2) is 59.0 Å². The highest BCUT2D eigenvalue weighted by molar-refractivity contribution is 7.14. The summed E-state index contributed by atoms with van der Waals surface area (Å²) in [6.45, 7) is 0. The predicted octanol–water partition coefficient (Wildman–Crippen LogP) is 4.27. The van der Waals surface area contributed by atoms with Crippen molar-refractivity contribution in [1.29, 1.82) is 0 Å². The Kier molecular flexibility index (Phi) is 5.08. The molecule has 0 bridgehead atoms. The van der Waals surface area contributed by atoms with Gasteiger partial charge in [-0.1, -0.05) is 30.3 Å². The molecule has 0 aliphatic rings. The molecule has 0 radical (unpaired) electrons. The molecule has 0 aliphatic carbocycles. The van der Waals surface area contributed by atoms with Crippen LogP contribution in [0.4, 0.5) is 5.13 Å². The molecule has 5 nitrogen and oxygen atoms in total. The van der Waals surface area contributed by atoms with E-state index in [0.29, 0.717) is 11.5 Å². The summed E-state index contributed by atoms with van der Waals surface area (Å²) in [5, 5.41) is 6.91. The highest BCUT2D eigenvalue weighted by atomic mass is 32.1. The van der Waals surface area contributed by atoms with Gasteiger partial charge in [-0.3, -0.25) is 5.43 Å². The SMILES string of the molecule is COc1ccc(-c2csc(NN=Cc3ccccc3)n2)cc1OC. The van der Waals surface area contributed by atoms with Gasteiger partial charge in [-0.05, 0) is 23.8 Å². The van der Waals surface area contributed by atoms with Crippen molar-refractivity contribution >= 4 is 22.7 Å². The van der Waals surface area contributed by atoms with Gasteiger partial charge in [0.05, 0.1) is 26.1 Å². The van der Waals surface area contributed by atoms with Crippen LogP contribution in [-0.2, 0) is 0 Å². The van der Waals surface area contributed by atoms with E-state index in [4.69, 9.17) is 9.47 Å². The molecule has 3 aromatic rings. The number of hydrazone groups is 1. The number of aromatic nitrogens is 1. The molecule has 122 valence electrons. The summed E-state index contributed by atoms with van der Waals surface area (Å²) in [4.78, 5) is 4.54. The van der Waals surface area contributed by atoms with Crippen LogP contribution in [-0.4, -0.2) is 25.4 Å². The molecule has 24 heavy (non-hydrogen) atoms. The fourth-order valence-electron chi connectivity index (χ4n) is 2.15. The van der Waals surface area contributed by atoms with Crippen LogP contribution in [0.3, 0.4) is 0 Å². The number of nitrogens with one attached hydrogen (secondary N) is 1. The number of methoxy groups -OCH3 is 2. The van der Waals surface area contributed by atoms with E-state index in [1.807, 2.05) is 53.9 Å². The van der Waals surface area contributed by atoms with Crippen LogP contribution in [0.2, 0.25) is 0 Å². The maximum Gasteiger partial charge on any atom is 0.203 e. The topological polar surface area (TPSA) is 55.7 Å². The van der Waals surface area contributed by atoms with Gasteiger partial charge >= 0.3 is 0 Å². The zero-order valence-electron chi connectivity index (χ0n) is 13.4. The maximum atomic E-state index is 5.33. The second-order valence-corrected chi connectivity index (χ2v) is 5.75. The second kappa shape index (κ2) is 7.61. The summed E-state index contributed by atoms with van der Waals surface area (Å²) >= 11 is 1.49.